The molecule has 3 N–H and O–H groups in total. The lowest BCUT2D eigenvalue weighted by Gasteiger charge is -2.13. The van der Waals surface area contributed by atoms with Gasteiger partial charge in [0, 0.05) is 15.8 Å². The van der Waals surface area contributed by atoms with Crippen molar-refractivity contribution in [1.29, 1.82) is 0 Å². The van der Waals surface area contributed by atoms with E-state index in [2.05, 4.69) is 46.4 Å². The van der Waals surface area contributed by atoms with Crippen LogP contribution in [0, 0.1) is 13.8 Å². The molecule has 2 aromatic carbocycles. The van der Waals surface area contributed by atoms with Crippen LogP contribution in [0.2, 0.25) is 0 Å². The molecule has 0 spiro atoms. The second-order valence-electron chi connectivity index (χ2n) is 4.13. The fourth-order valence-corrected chi connectivity index (χ4v) is 2.25. The van der Waals surface area contributed by atoms with Crippen LogP contribution >= 0.6 is 15.9 Å². The zero-order valence-electron chi connectivity index (χ0n) is 9.92. The molecule has 3 heteroatoms. The average Bonchev–Trinajstić information content (AvgIpc) is 2.28. The number of aryl methyl sites for hydroxylation is 1. The zero-order valence-corrected chi connectivity index (χ0v) is 11.5. The van der Waals surface area contributed by atoms with E-state index in [-0.39, 0.29) is 0 Å². The van der Waals surface area contributed by atoms with Gasteiger partial charge in [0.2, 0.25) is 0 Å². The van der Waals surface area contributed by atoms with Crippen LogP contribution in [-0.4, -0.2) is 0 Å². The molecule has 0 aromatic heterocycles. The summed E-state index contributed by atoms with van der Waals surface area (Å²) in [6.45, 7) is 4.08. The van der Waals surface area contributed by atoms with Gasteiger partial charge in [-0.2, -0.15) is 0 Å². The summed E-state index contributed by atoms with van der Waals surface area (Å²) in [6, 6.07) is 12.1. The molecule has 2 rings (SSSR count). The zero-order chi connectivity index (χ0) is 12.4. The molecule has 0 bridgehead atoms. The molecule has 0 heterocycles. The lowest BCUT2D eigenvalue weighted by Crippen LogP contribution is -1.97. The summed E-state index contributed by atoms with van der Waals surface area (Å²) in [5, 5.41) is 3.38. The number of nitrogens with one attached hydrogen (secondary N) is 1. The molecular weight excluding hydrogens is 276 g/mol. The van der Waals surface area contributed by atoms with Crippen molar-refractivity contribution in [3.8, 4) is 0 Å². The van der Waals surface area contributed by atoms with Gasteiger partial charge in [0.05, 0.1) is 5.69 Å². The van der Waals surface area contributed by atoms with Gasteiger partial charge in [0.1, 0.15) is 0 Å². The van der Waals surface area contributed by atoms with Crippen molar-refractivity contribution >= 4 is 33.0 Å². The molecule has 2 nitrogen and oxygen atoms in total. The Bertz CT molecular complexity index is 550. The highest BCUT2D eigenvalue weighted by Gasteiger charge is 2.04. The van der Waals surface area contributed by atoms with Gasteiger partial charge in [-0.15, -0.1) is 0 Å². The molecule has 0 saturated carbocycles. The molecule has 0 fully saturated rings. The van der Waals surface area contributed by atoms with Crippen LogP contribution < -0.4 is 11.1 Å². The molecule has 0 aliphatic rings. The van der Waals surface area contributed by atoms with Crippen molar-refractivity contribution in [3.05, 3.63) is 52.0 Å². The third-order valence-electron chi connectivity index (χ3n) is 2.77. The Balaban J connectivity index is 2.35. The number of rotatable bonds is 2. The number of benzene rings is 2. The highest BCUT2D eigenvalue weighted by molar-refractivity contribution is 9.10. The Morgan fingerprint density at radius 2 is 1.82 bits per heavy atom. The molecule has 0 aliphatic heterocycles. The summed E-state index contributed by atoms with van der Waals surface area (Å²) in [7, 11) is 0. The summed E-state index contributed by atoms with van der Waals surface area (Å²) in [4.78, 5) is 0. The number of anilines is 3. The van der Waals surface area contributed by atoms with Crippen LogP contribution in [0.4, 0.5) is 17.1 Å². The molecule has 0 amide bonds. The number of hydrogen-bond donors (Lipinski definition) is 2. The molecule has 2 aromatic rings. The van der Waals surface area contributed by atoms with Crippen molar-refractivity contribution in [3.63, 3.8) is 0 Å². The third-order valence-corrected chi connectivity index (χ3v) is 3.43. The number of nitrogen functional groups attached to an aromatic ring is 1. The van der Waals surface area contributed by atoms with Crippen LogP contribution in [0.25, 0.3) is 0 Å². The summed E-state index contributed by atoms with van der Waals surface area (Å²) < 4.78 is 1.05. The minimum absolute atomic E-state index is 0.804. The smallest absolute Gasteiger partial charge is 0.0528 e. The predicted octanol–water partition coefficient (Wildman–Crippen LogP) is 4.39. The molecular formula is C14H15BrN2. The maximum atomic E-state index is 5.88. The summed E-state index contributed by atoms with van der Waals surface area (Å²) >= 11 is 3.55. The van der Waals surface area contributed by atoms with Gasteiger partial charge in [-0.3, -0.25) is 0 Å². The lowest BCUT2D eigenvalue weighted by molar-refractivity contribution is 1.40. The second-order valence-corrected chi connectivity index (χ2v) is 4.98. The molecule has 0 atom stereocenters. The first-order valence-corrected chi connectivity index (χ1v) is 6.25. The van der Waals surface area contributed by atoms with Gasteiger partial charge in [-0.05, 0) is 65.2 Å². The van der Waals surface area contributed by atoms with Gasteiger partial charge < -0.3 is 11.1 Å². The Morgan fingerprint density at radius 1 is 1.06 bits per heavy atom. The van der Waals surface area contributed by atoms with Gasteiger partial charge in [0.15, 0.2) is 0 Å². The Hall–Kier alpha value is -1.48. The van der Waals surface area contributed by atoms with Crippen LogP contribution in [0.1, 0.15) is 11.1 Å². The van der Waals surface area contributed by atoms with E-state index >= 15 is 0 Å². The number of nitrogens with two attached hydrogens (primary N) is 1. The maximum absolute atomic E-state index is 5.88. The van der Waals surface area contributed by atoms with E-state index in [0.29, 0.717) is 0 Å². The van der Waals surface area contributed by atoms with E-state index in [0.717, 1.165) is 27.1 Å². The first-order valence-electron chi connectivity index (χ1n) is 5.46. The Morgan fingerprint density at radius 3 is 2.53 bits per heavy atom. The Labute approximate surface area is 110 Å². The van der Waals surface area contributed by atoms with Crippen LogP contribution in [0.15, 0.2) is 40.9 Å². The Kier molecular flexibility index (Phi) is 3.38. The monoisotopic (exact) mass is 290 g/mol. The van der Waals surface area contributed by atoms with Crippen molar-refractivity contribution in [2.75, 3.05) is 11.1 Å². The van der Waals surface area contributed by atoms with E-state index in [1.807, 2.05) is 25.1 Å². The lowest BCUT2D eigenvalue weighted by atomic mass is 10.1. The normalized spacial score (nSPS) is 10.3. The van der Waals surface area contributed by atoms with E-state index in [1.165, 1.54) is 5.56 Å². The fraction of sp³-hybridized carbons (Fsp3) is 0.143. The number of halogens is 1. The minimum Gasteiger partial charge on any atom is -0.398 e. The van der Waals surface area contributed by atoms with Crippen LogP contribution in [0.3, 0.4) is 0 Å². The second kappa shape index (κ2) is 4.80. The number of hydrogen-bond acceptors (Lipinski definition) is 2. The summed E-state index contributed by atoms with van der Waals surface area (Å²) in [5.74, 6) is 0. The van der Waals surface area contributed by atoms with E-state index in [4.69, 9.17) is 5.73 Å². The van der Waals surface area contributed by atoms with Gasteiger partial charge >= 0.3 is 0 Å². The average molecular weight is 291 g/mol. The topological polar surface area (TPSA) is 38.0 Å². The molecule has 0 radical (unpaired) electrons. The molecule has 0 unspecified atom stereocenters. The van der Waals surface area contributed by atoms with E-state index in [1.54, 1.807) is 0 Å². The maximum Gasteiger partial charge on any atom is 0.0528 e. The van der Waals surface area contributed by atoms with Crippen LogP contribution in [0.5, 0.6) is 0 Å². The standard InChI is InChI=1S/C14H15BrN2/c1-9-6-7-14(11(15)8-9)17-13-5-3-4-12(16)10(13)2/h3-8,17H,16H2,1-2H3. The van der Waals surface area contributed by atoms with Crippen molar-refractivity contribution < 1.29 is 0 Å². The highest BCUT2D eigenvalue weighted by Crippen LogP contribution is 2.29. The third kappa shape index (κ3) is 2.61. The van der Waals surface area contributed by atoms with E-state index < -0.39 is 0 Å². The van der Waals surface area contributed by atoms with E-state index in [9.17, 15) is 0 Å². The predicted molar refractivity (Wildman–Crippen MR) is 77.8 cm³/mol. The van der Waals surface area contributed by atoms with Crippen molar-refractivity contribution in [2.24, 2.45) is 0 Å². The molecule has 17 heavy (non-hydrogen) atoms. The first kappa shape index (κ1) is 12.0. The summed E-state index contributed by atoms with van der Waals surface area (Å²) in [6.07, 6.45) is 0. The van der Waals surface area contributed by atoms with Gasteiger partial charge in [-0.1, -0.05) is 12.1 Å². The minimum atomic E-state index is 0.804. The largest absolute Gasteiger partial charge is 0.398 e. The molecule has 0 aliphatic carbocycles. The molecule has 88 valence electrons. The molecule has 0 saturated heterocycles. The van der Waals surface area contributed by atoms with Crippen LogP contribution in [-0.2, 0) is 0 Å². The van der Waals surface area contributed by atoms with Crippen molar-refractivity contribution in [1.82, 2.24) is 0 Å². The fourth-order valence-electron chi connectivity index (χ4n) is 1.66. The van der Waals surface area contributed by atoms with Gasteiger partial charge in [-0.25, -0.2) is 0 Å². The first-order chi connectivity index (χ1) is 8.08. The quantitative estimate of drug-likeness (QED) is 0.805. The summed E-state index contributed by atoms with van der Waals surface area (Å²) in [5.41, 5.74) is 11.1. The highest BCUT2D eigenvalue weighted by atomic mass is 79.9. The van der Waals surface area contributed by atoms with Crippen molar-refractivity contribution in [2.45, 2.75) is 13.8 Å². The van der Waals surface area contributed by atoms with Gasteiger partial charge in [0.25, 0.3) is 0 Å². The SMILES string of the molecule is Cc1ccc(Nc2cccc(N)c2C)c(Br)c1.